The van der Waals surface area contributed by atoms with E-state index in [0.29, 0.717) is 16.1 Å². The maximum atomic E-state index is 14.1. The van der Waals surface area contributed by atoms with E-state index in [4.69, 9.17) is 16.7 Å². The molecular weight excluding hydrogens is 453 g/mol. The number of H-pyrrole nitrogens is 1. The summed E-state index contributed by atoms with van der Waals surface area (Å²) in [6.45, 7) is 1.31. The van der Waals surface area contributed by atoms with Crippen molar-refractivity contribution in [2.45, 2.75) is 31.9 Å². The van der Waals surface area contributed by atoms with Crippen LogP contribution in [0.15, 0.2) is 48.5 Å². The number of aliphatic carboxylic acids is 1. The highest BCUT2D eigenvalue weighted by molar-refractivity contribution is 6.30. The number of carboxylic acid groups (broad SMARTS) is 1. The standard InChI is InChI=1S/C23H21ClFN3O5/c1-12(29)19-11-20(28-27-19)22(31)26-16(10-21(30)23(32)33)8-13-2-4-14(5-3-13)17-9-15(24)6-7-18(17)25/h2-7,9,11,16,21,30H,8,10H2,1H3,(H,26,31)(H,27,28)(H,32,33)/t16-,21-/m1/s1. The molecule has 3 aromatic rings. The van der Waals surface area contributed by atoms with Crippen LogP contribution in [0.3, 0.4) is 0 Å². The Labute approximate surface area is 193 Å². The van der Waals surface area contributed by atoms with E-state index in [0.717, 1.165) is 5.56 Å². The molecule has 8 nitrogen and oxygen atoms in total. The Morgan fingerprint density at radius 2 is 1.85 bits per heavy atom. The van der Waals surface area contributed by atoms with Crippen molar-refractivity contribution in [1.29, 1.82) is 0 Å². The van der Waals surface area contributed by atoms with Crippen molar-refractivity contribution in [3.8, 4) is 11.1 Å². The summed E-state index contributed by atoms with van der Waals surface area (Å²) in [4.78, 5) is 35.1. The monoisotopic (exact) mass is 473 g/mol. The van der Waals surface area contributed by atoms with E-state index in [-0.39, 0.29) is 30.0 Å². The number of Topliss-reactive ketones (excluding diaryl/α,β-unsaturated/α-hetero) is 1. The lowest BCUT2D eigenvalue weighted by Crippen LogP contribution is -2.40. The van der Waals surface area contributed by atoms with Gasteiger partial charge in [-0.15, -0.1) is 0 Å². The molecule has 2 aromatic carbocycles. The number of nitrogens with zero attached hydrogens (tertiary/aromatic N) is 1. The van der Waals surface area contributed by atoms with Crippen molar-refractivity contribution in [3.63, 3.8) is 0 Å². The first-order valence-corrected chi connectivity index (χ1v) is 10.3. The molecule has 0 aliphatic carbocycles. The van der Waals surface area contributed by atoms with E-state index in [1.54, 1.807) is 24.3 Å². The molecule has 0 saturated carbocycles. The number of aliphatic hydroxyl groups is 1. The van der Waals surface area contributed by atoms with E-state index in [1.165, 1.54) is 31.2 Å². The van der Waals surface area contributed by atoms with E-state index in [9.17, 15) is 23.9 Å². The minimum atomic E-state index is -1.69. The summed E-state index contributed by atoms with van der Waals surface area (Å²) in [6, 6.07) is 11.6. The van der Waals surface area contributed by atoms with Gasteiger partial charge in [0.25, 0.3) is 5.91 Å². The van der Waals surface area contributed by atoms with Crippen LogP contribution in [-0.2, 0) is 11.2 Å². The number of halogens is 2. The lowest BCUT2D eigenvalue weighted by Gasteiger charge is -2.20. The Balaban J connectivity index is 1.77. The zero-order valence-electron chi connectivity index (χ0n) is 17.5. The third kappa shape index (κ3) is 6.24. The predicted molar refractivity (Wildman–Crippen MR) is 119 cm³/mol. The highest BCUT2D eigenvalue weighted by Gasteiger charge is 2.23. The Bertz CT molecular complexity index is 1180. The number of carboxylic acids is 1. The zero-order chi connectivity index (χ0) is 24.1. The van der Waals surface area contributed by atoms with Gasteiger partial charge in [-0.2, -0.15) is 5.10 Å². The molecule has 0 fully saturated rings. The van der Waals surface area contributed by atoms with E-state index < -0.39 is 29.8 Å². The molecule has 33 heavy (non-hydrogen) atoms. The molecule has 0 aliphatic heterocycles. The number of nitrogens with one attached hydrogen (secondary N) is 2. The highest BCUT2D eigenvalue weighted by Crippen LogP contribution is 2.26. The number of carbonyl (C=O) groups excluding carboxylic acids is 2. The Morgan fingerprint density at radius 3 is 2.45 bits per heavy atom. The number of aromatic nitrogens is 2. The second-order valence-corrected chi connectivity index (χ2v) is 7.94. The largest absolute Gasteiger partial charge is 0.479 e. The van der Waals surface area contributed by atoms with Crippen LogP contribution in [0.5, 0.6) is 0 Å². The van der Waals surface area contributed by atoms with Crippen LogP contribution < -0.4 is 5.32 Å². The first-order valence-electron chi connectivity index (χ1n) is 9.96. The lowest BCUT2D eigenvalue weighted by atomic mass is 9.97. The number of hydrogen-bond donors (Lipinski definition) is 4. The maximum Gasteiger partial charge on any atom is 0.332 e. The van der Waals surface area contributed by atoms with Crippen molar-refractivity contribution >= 4 is 29.3 Å². The van der Waals surface area contributed by atoms with Gasteiger partial charge in [-0.05, 0) is 41.8 Å². The van der Waals surface area contributed by atoms with Gasteiger partial charge in [0.15, 0.2) is 11.9 Å². The van der Waals surface area contributed by atoms with Crippen LogP contribution in [0.2, 0.25) is 5.02 Å². The third-order valence-corrected chi connectivity index (χ3v) is 5.22. The van der Waals surface area contributed by atoms with Crippen LogP contribution in [0.4, 0.5) is 4.39 Å². The molecule has 1 amide bonds. The lowest BCUT2D eigenvalue weighted by molar-refractivity contribution is -0.147. The van der Waals surface area contributed by atoms with Gasteiger partial charge in [-0.25, -0.2) is 9.18 Å². The summed E-state index contributed by atoms with van der Waals surface area (Å²) < 4.78 is 14.1. The van der Waals surface area contributed by atoms with E-state index in [2.05, 4.69) is 15.5 Å². The van der Waals surface area contributed by atoms with Crippen LogP contribution in [0.1, 0.15) is 39.9 Å². The van der Waals surface area contributed by atoms with Gasteiger partial charge in [-0.3, -0.25) is 14.7 Å². The van der Waals surface area contributed by atoms with Crippen LogP contribution in [0.25, 0.3) is 11.1 Å². The summed E-state index contributed by atoms with van der Waals surface area (Å²) in [5, 5.41) is 28.1. The number of rotatable bonds is 9. The molecule has 0 bridgehead atoms. The summed E-state index contributed by atoms with van der Waals surface area (Å²) >= 11 is 5.95. The molecule has 2 atom stereocenters. The average molecular weight is 474 g/mol. The zero-order valence-corrected chi connectivity index (χ0v) is 18.3. The topological polar surface area (TPSA) is 132 Å². The number of aromatic amines is 1. The van der Waals surface area contributed by atoms with Gasteiger partial charge in [0, 0.05) is 30.0 Å². The highest BCUT2D eigenvalue weighted by atomic mass is 35.5. The molecule has 10 heteroatoms. The Morgan fingerprint density at radius 1 is 1.15 bits per heavy atom. The molecule has 0 unspecified atom stereocenters. The average Bonchev–Trinajstić information content (AvgIpc) is 3.27. The van der Waals surface area contributed by atoms with Crippen molar-refractivity contribution < 1.29 is 29.0 Å². The van der Waals surface area contributed by atoms with Crippen LogP contribution >= 0.6 is 11.6 Å². The summed E-state index contributed by atoms with van der Waals surface area (Å²) in [7, 11) is 0. The number of aliphatic hydroxyl groups excluding tert-OH is 1. The van der Waals surface area contributed by atoms with Crippen LogP contribution in [0, 0.1) is 5.82 Å². The maximum absolute atomic E-state index is 14.1. The summed E-state index contributed by atoms with van der Waals surface area (Å²) in [5.74, 6) is -2.76. The van der Waals surface area contributed by atoms with Crippen molar-refractivity contribution in [2.24, 2.45) is 0 Å². The van der Waals surface area contributed by atoms with Crippen LogP contribution in [-0.4, -0.2) is 50.2 Å². The molecular formula is C23H21ClFN3O5. The Kier molecular flexibility index (Phi) is 7.57. The first kappa shape index (κ1) is 24.1. The number of carbonyl (C=O) groups is 3. The van der Waals surface area contributed by atoms with Gasteiger partial charge >= 0.3 is 5.97 Å². The van der Waals surface area contributed by atoms with Gasteiger partial charge < -0.3 is 15.5 Å². The SMILES string of the molecule is CC(=O)c1cc(C(=O)N[C@H](Cc2ccc(-c3cc(Cl)ccc3F)cc2)C[C@@H](O)C(=O)O)[nH]n1. The van der Waals surface area contributed by atoms with E-state index >= 15 is 0 Å². The molecule has 0 saturated heterocycles. The first-order chi connectivity index (χ1) is 15.6. The second kappa shape index (κ2) is 10.4. The second-order valence-electron chi connectivity index (χ2n) is 7.51. The normalized spacial score (nSPS) is 12.7. The fraction of sp³-hybridized carbons (Fsp3) is 0.217. The summed E-state index contributed by atoms with van der Waals surface area (Å²) in [6.07, 6.45) is -1.74. The Hall–Kier alpha value is -3.56. The predicted octanol–water partition coefficient (Wildman–Crippen LogP) is 3.25. The smallest absolute Gasteiger partial charge is 0.332 e. The van der Waals surface area contributed by atoms with Crippen molar-refractivity contribution in [3.05, 3.63) is 76.3 Å². The number of amides is 1. The molecule has 4 N–H and O–H groups in total. The van der Waals surface area contributed by atoms with Gasteiger partial charge in [0.05, 0.1) is 0 Å². The summed E-state index contributed by atoms with van der Waals surface area (Å²) in [5.41, 5.74) is 1.77. The minimum absolute atomic E-state index is 0.0294. The van der Waals surface area contributed by atoms with Gasteiger partial charge in [-0.1, -0.05) is 35.9 Å². The third-order valence-electron chi connectivity index (χ3n) is 4.99. The van der Waals surface area contributed by atoms with Gasteiger partial charge in [0.2, 0.25) is 0 Å². The van der Waals surface area contributed by atoms with Gasteiger partial charge in [0.1, 0.15) is 17.2 Å². The molecule has 0 aliphatic rings. The van der Waals surface area contributed by atoms with Crippen molar-refractivity contribution in [2.75, 3.05) is 0 Å². The molecule has 0 radical (unpaired) electrons. The number of benzene rings is 2. The van der Waals surface area contributed by atoms with Crippen molar-refractivity contribution in [1.82, 2.24) is 15.5 Å². The molecule has 3 rings (SSSR count). The minimum Gasteiger partial charge on any atom is -0.479 e. The number of ketones is 1. The molecule has 0 spiro atoms. The fourth-order valence-corrected chi connectivity index (χ4v) is 3.44. The molecule has 172 valence electrons. The molecule has 1 heterocycles. The quantitative estimate of drug-likeness (QED) is 0.353. The van der Waals surface area contributed by atoms with E-state index in [1.807, 2.05) is 0 Å². The molecule has 1 aromatic heterocycles. The number of hydrogen-bond acceptors (Lipinski definition) is 5. The fourth-order valence-electron chi connectivity index (χ4n) is 3.27.